The van der Waals surface area contributed by atoms with Crippen LogP contribution in [0, 0.1) is 6.92 Å². The molecule has 1 heterocycles. The van der Waals surface area contributed by atoms with Crippen LogP contribution in [0.25, 0.3) is 0 Å². The highest BCUT2D eigenvalue weighted by atomic mass is 32.2. The quantitative estimate of drug-likeness (QED) is 0.862. The van der Waals surface area contributed by atoms with Crippen LogP contribution in [0.1, 0.15) is 11.1 Å². The highest BCUT2D eigenvalue weighted by Gasteiger charge is 2.28. The van der Waals surface area contributed by atoms with Crippen LogP contribution in [0.4, 0.5) is 0 Å². The van der Waals surface area contributed by atoms with Gasteiger partial charge in [0, 0.05) is 25.7 Å². The summed E-state index contributed by atoms with van der Waals surface area (Å²) in [4.78, 5) is 0.219. The van der Waals surface area contributed by atoms with E-state index < -0.39 is 10.0 Å². The van der Waals surface area contributed by atoms with Crippen LogP contribution in [0.15, 0.2) is 47.4 Å². The zero-order chi connectivity index (χ0) is 17.2. The Balaban J connectivity index is 1.97. The molecule has 0 fully saturated rings. The SMILES string of the molecule is Cc1cc2c(cc1S(=O)(=O)N(CCN)Cc1ccccc1)OCO2. The fraction of sp³-hybridized carbons (Fsp3) is 0.294. The third-order valence-electron chi connectivity index (χ3n) is 3.87. The van der Waals surface area contributed by atoms with Crippen LogP contribution >= 0.6 is 0 Å². The van der Waals surface area contributed by atoms with Gasteiger partial charge in [-0.1, -0.05) is 30.3 Å². The Labute approximate surface area is 141 Å². The minimum Gasteiger partial charge on any atom is -0.454 e. The van der Waals surface area contributed by atoms with Gasteiger partial charge < -0.3 is 15.2 Å². The predicted molar refractivity (Wildman–Crippen MR) is 90.4 cm³/mol. The van der Waals surface area contributed by atoms with Crippen molar-refractivity contribution in [3.8, 4) is 11.5 Å². The molecule has 1 aliphatic heterocycles. The number of benzene rings is 2. The van der Waals surface area contributed by atoms with Gasteiger partial charge in [-0.05, 0) is 24.1 Å². The molecule has 0 spiro atoms. The number of ether oxygens (including phenoxy) is 2. The Morgan fingerprint density at radius 1 is 1.12 bits per heavy atom. The smallest absolute Gasteiger partial charge is 0.243 e. The van der Waals surface area contributed by atoms with E-state index in [2.05, 4.69) is 0 Å². The van der Waals surface area contributed by atoms with E-state index in [1.165, 1.54) is 10.4 Å². The standard InChI is InChI=1S/C17H20N2O4S/c1-13-9-15-16(23-12-22-15)10-17(13)24(20,21)19(8-7-18)11-14-5-3-2-4-6-14/h2-6,9-10H,7-8,11-12,18H2,1H3. The number of hydrogen-bond donors (Lipinski definition) is 1. The molecule has 7 heteroatoms. The third-order valence-corrected chi connectivity index (χ3v) is 5.86. The Hall–Kier alpha value is -2.09. The van der Waals surface area contributed by atoms with Gasteiger partial charge in [-0.2, -0.15) is 4.31 Å². The van der Waals surface area contributed by atoms with Crippen LogP contribution < -0.4 is 15.2 Å². The second-order valence-corrected chi connectivity index (χ2v) is 7.49. The molecule has 0 atom stereocenters. The Morgan fingerprint density at radius 3 is 2.46 bits per heavy atom. The van der Waals surface area contributed by atoms with Crippen molar-refractivity contribution in [2.45, 2.75) is 18.4 Å². The first-order valence-corrected chi connectivity index (χ1v) is 9.11. The van der Waals surface area contributed by atoms with Gasteiger partial charge >= 0.3 is 0 Å². The summed E-state index contributed by atoms with van der Waals surface area (Å²) in [6, 6.07) is 12.7. The molecule has 0 amide bonds. The first kappa shape index (κ1) is 16.8. The second kappa shape index (κ2) is 6.80. The molecule has 3 rings (SSSR count). The molecule has 6 nitrogen and oxygen atoms in total. The van der Waals surface area contributed by atoms with E-state index in [1.54, 1.807) is 13.0 Å². The molecule has 24 heavy (non-hydrogen) atoms. The maximum atomic E-state index is 13.1. The molecule has 0 radical (unpaired) electrons. The average Bonchev–Trinajstić information content (AvgIpc) is 3.01. The molecule has 0 aliphatic carbocycles. The van der Waals surface area contributed by atoms with Crippen molar-refractivity contribution in [2.24, 2.45) is 5.73 Å². The summed E-state index contributed by atoms with van der Waals surface area (Å²) in [6.45, 7) is 2.61. The number of sulfonamides is 1. The van der Waals surface area contributed by atoms with Crippen LogP contribution in [0.2, 0.25) is 0 Å². The number of nitrogens with two attached hydrogens (primary N) is 1. The fourth-order valence-corrected chi connectivity index (χ4v) is 4.32. The highest BCUT2D eigenvalue weighted by Crippen LogP contribution is 2.37. The van der Waals surface area contributed by atoms with Gasteiger partial charge in [0.1, 0.15) is 0 Å². The van der Waals surface area contributed by atoms with Gasteiger partial charge in [-0.25, -0.2) is 8.42 Å². The molecular formula is C17H20N2O4S. The molecule has 0 aromatic heterocycles. The maximum Gasteiger partial charge on any atom is 0.243 e. The van der Waals surface area contributed by atoms with E-state index in [0.29, 0.717) is 17.1 Å². The molecule has 1 aliphatic rings. The van der Waals surface area contributed by atoms with Crippen molar-refractivity contribution in [1.82, 2.24) is 4.31 Å². The molecule has 0 bridgehead atoms. The lowest BCUT2D eigenvalue weighted by Crippen LogP contribution is -2.35. The minimum atomic E-state index is -3.70. The van der Waals surface area contributed by atoms with Crippen molar-refractivity contribution in [3.63, 3.8) is 0 Å². The summed E-state index contributed by atoms with van der Waals surface area (Å²) >= 11 is 0. The summed E-state index contributed by atoms with van der Waals surface area (Å²) in [5.41, 5.74) is 7.17. The highest BCUT2D eigenvalue weighted by molar-refractivity contribution is 7.89. The fourth-order valence-electron chi connectivity index (χ4n) is 2.66. The number of hydrogen-bond acceptors (Lipinski definition) is 5. The van der Waals surface area contributed by atoms with Crippen molar-refractivity contribution in [1.29, 1.82) is 0 Å². The van der Waals surface area contributed by atoms with Crippen molar-refractivity contribution in [2.75, 3.05) is 19.9 Å². The molecule has 128 valence electrons. The third kappa shape index (κ3) is 3.24. The Morgan fingerprint density at radius 2 is 1.79 bits per heavy atom. The van der Waals surface area contributed by atoms with Crippen LogP contribution in [-0.2, 0) is 16.6 Å². The van der Waals surface area contributed by atoms with E-state index in [0.717, 1.165) is 5.56 Å². The molecule has 0 unspecified atom stereocenters. The zero-order valence-electron chi connectivity index (χ0n) is 13.4. The van der Waals surface area contributed by atoms with E-state index in [4.69, 9.17) is 15.2 Å². The van der Waals surface area contributed by atoms with Crippen LogP contribution in [0.5, 0.6) is 11.5 Å². The van der Waals surface area contributed by atoms with Crippen molar-refractivity contribution in [3.05, 3.63) is 53.6 Å². The van der Waals surface area contributed by atoms with Crippen molar-refractivity contribution >= 4 is 10.0 Å². The largest absolute Gasteiger partial charge is 0.454 e. The summed E-state index contributed by atoms with van der Waals surface area (Å²) in [6.07, 6.45) is 0. The Kier molecular flexibility index (Phi) is 4.75. The number of fused-ring (bicyclic) bond motifs is 1. The topological polar surface area (TPSA) is 81.9 Å². The molecule has 0 saturated heterocycles. The summed E-state index contributed by atoms with van der Waals surface area (Å²) in [5, 5.41) is 0. The van der Waals surface area contributed by atoms with E-state index in [-0.39, 0.29) is 31.3 Å². The van der Waals surface area contributed by atoms with Gasteiger partial charge in [0.15, 0.2) is 11.5 Å². The molecule has 2 N–H and O–H groups in total. The number of aryl methyl sites for hydroxylation is 1. The van der Waals surface area contributed by atoms with Gasteiger partial charge in [0.05, 0.1) is 4.90 Å². The molecule has 2 aromatic carbocycles. The molecule has 2 aromatic rings. The van der Waals surface area contributed by atoms with Gasteiger partial charge in [-0.15, -0.1) is 0 Å². The first-order chi connectivity index (χ1) is 11.5. The molecule has 0 saturated carbocycles. The first-order valence-electron chi connectivity index (χ1n) is 7.67. The van der Waals surface area contributed by atoms with Crippen LogP contribution in [0.3, 0.4) is 0 Å². The zero-order valence-corrected chi connectivity index (χ0v) is 14.3. The van der Waals surface area contributed by atoms with Crippen molar-refractivity contribution < 1.29 is 17.9 Å². The van der Waals surface area contributed by atoms with Gasteiger partial charge in [-0.3, -0.25) is 0 Å². The molecular weight excluding hydrogens is 328 g/mol. The van der Waals surface area contributed by atoms with E-state index in [9.17, 15) is 8.42 Å². The minimum absolute atomic E-state index is 0.106. The van der Waals surface area contributed by atoms with Crippen LogP contribution in [-0.4, -0.2) is 32.6 Å². The lowest BCUT2D eigenvalue weighted by molar-refractivity contribution is 0.174. The van der Waals surface area contributed by atoms with E-state index >= 15 is 0 Å². The second-order valence-electron chi connectivity index (χ2n) is 5.58. The predicted octanol–water partition coefficient (Wildman–Crippen LogP) is 1.87. The monoisotopic (exact) mass is 348 g/mol. The number of rotatable bonds is 6. The van der Waals surface area contributed by atoms with Gasteiger partial charge in [0.2, 0.25) is 16.8 Å². The Bertz CT molecular complexity index is 822. The lowest BCUT2D eigenvalue weighted by atomic mass is 10.2. The van der Waals surface area contributed by atoms with E-state index in [1.807, 2.05) is 30.3 Å². The number of nitrogens with zero attached hydrogens (tertiary/aromatic N) is 1. The summed E-state index contributed by atoms with van der Waals surface area (Å²) in [7, 11) is -3.70. The normalized spacial score (nSPS) is 13.5. The maximum absolute atomic E-state index is 13.1. The van der Waals surface area contributed by atoms with Gasteiger partial charge in [0.25, 0.3) is 0 Å². The summed E-state index contributed by atoms with van der Waals surface area (Å²) in [5.74, 6) is 1.02. The average molecular weight is 348 g/mol. The lowest BCUT2D eigenvalue weighted by Gasteiger charge is -2.23. The summed E-state index contributed by atoms with van der Waals surface area (Å²) < 4.78 is 38.3.